The SMILES string of the molecule is Cc1cccc(-c2cccc3c2N=CCC3)c1. The lowest BCUT2D eigenvalue weighted by Crippen LogP contribution is -1.95. The molecule has 1 aliphatic rings. The van der Waals surface area contributed by atoms with Crippen LogP contribution < -0.4 is 0 Å². The van der Waals surface area contributed by atoms with Crippen LogP contribution in [0.25, 0.3) is 11.1 Å². The van der Waals surface area contributed by atoms with E-state index in [0.717, 1.165) is 18.5 Å². The number of aliphatic imine (C=N–C) groups is 1. The molecular formula is C16H15N. The molecule has 0 unspecified atom stereocenters. The molecule has 2 aromatic rings. The molecule has 0 saturated heterocycles. The molecule has 0 fully saturated rings. The van der Waals surface area contributed by atoms with Crippen LogP contribution in [0.1, 0.15) is 17.5 Å². The topological polar surface area (TPSA) is 12.4 Å². The van der Waals surface area contributed by atoms with E-state index in [1.54, 1.807) is 0 Å². The van der Waals surface area contributed by atoms with Gasteiger partial charge in [-0.15, -0.1) is 0 Å². The third-order valence-corrected chi connectivity index (χ3v) is 3.21. The molecule has 1 nitrogen and oxygen atoms in total. The number of aryl methyl sites for hydroxylation is 2. The van der Waals surface area contributed by atoms with Crippen molar-refractivity contribution in [1.29, 1.82) is 0 Å². The number of benzene rings is 2. The molecule has 0 aliphatic carbocycles. The third kappa shape index (κ3) is 1.89. The molecule has 0 spiro atoms. The molecule has 0 N–H and O–H groups in total. The lowest BCUT2D eigenvalue weighted by molar-refractivity contribution is 1.03. The van der Waals surface area contributed by atoms with Crippen molar-refractivity contribution in [3.05, 3.63) is 53.6 Å². The predicted molar refractivity (Wildman–Crippen MR) is 73.1 cm³/mol. The van der Waals surface area contributed by atoms with Gasteiger partial charge in [-0.25, -0.2) is 0 Å². The minimum Gasteiger partial charge on any atom is -0.260 e. The van der Waals surface area contributed by atoms with Gasteiger partial charge in [0.1, 0.15) is 0 Å². The highest BCUT2D eigenvalue weighted by molar-refractivity contribution is 5.83. The fraction of sp³-hybridized carbons (Fsp3) is 0.188. The van der Waals surface area contributed by atoms with Crippen LogP contribution in [0.5, 0.6) is 0 Å². The number of fused-ring (bicyclic) bond motifs is 1. The zero-order chi connectivity index (χ0) is 11.7. The Hall–Kier alpha value is -1.89. The van der Waals surface area contributed by atoms with Crippen molar-refractivity contribution in [1.82, 2.24) is 0 Å². The van der Waals surface area contributed by atoms with Crippen molar-refractivity contribution >= 4 is 11.9 Å². The van der Waals surface area contributed by atoms with E-state index in [-0.39, 0.29) is 0 Å². The van der Waals surface area contributed by atoms with Gasteiger partial charge in [-0.1, -0.05) is 48.0 Å². The Morgan fingerprint density at radius 2 is 1.94 bits per heavy atom. The first kappa shape index (κ1) is 10.3. The fourth-order valence-corrected chi connectivity index (χ4v) is 2.37. The van der Waals surface area contributed by atoms with Crippen LogP contribution >= 0.6 is 0 Å². The molecule has 0 bridgehead atoms. The second-order valence-corrected chi connectivity index (χ2v) is 4.53. The van der Waals surface area contributed by atoms with Gasteiger partial charge in [-0.05, 0) is 30.9 Å². The molecule has 84 valence electrons. The van der Waals surface area contributed by atoms with E-state index < -0.39 is 0 Å². The van der Waals surface area contributed by atoms with Crippen molar-refractivity contribution in [3.8, 4) is 11.1 Å². The van der Waals surface area contributed by atoms with Gasteiger partial charge in [-0.3, -0.25) is 4.99 Å². The van der Waals surface area contributed by atoms with Gasteiger partial charge in [0.05, 0.1) is 5.69 Å². The highest BCUT2D eigenvalue weighted by Crippen LogP contribution is 2.35. The van der Waals surface area contributed by atoms with Crippen LogP contribution in [0.3, 0.4) is 0 Å². The van der Waals surface area contributed by atoms with Crippen LogP contribution in [0.15, 0.2) is 47.5 Å². The van der Waals surface area contributed by atoms with Gasteiger partial charge in [-0.2, -0.15) is 0 Å². The summed E-state index contributed by atoms with van der Waals surface area (Å²) in [6.07, 6.45) is 4.20. The first-order chi connectivity index (χ1) is 8.34. The molecule has 3 rings (SSSR count). The van der Waals surface area contributed by atoms with Gasteiger partial charge in [0.15, 0.2) is 0 Å². The Labute approximate surface area is 102 Å². The van der Waals surface area contributed by atoms with E-state index >= 15 is 0 Å². The van der Waals surface area contributed by atoms with Gasteiger partial charge < -0.3 is 0 Å². The van der Waals surface area contributed by atoms with E-state index in [1.165, 1.54) is 22.3 Å². The Kier molecular flexibility index (Phi) is 2.52. The van der Waals surface area contributed by atoms with Crippen LogP contribution in [-0.2, 0) is 6.42 Å². The summed E-state index contributed by atoms with van der Waals surface area (Å²) in [4.78, 5) is 4.57. The van der Waals surface area contributed by atoms with Crippen LogP contribution in [0, 0.1) is 6.92 Å². The summed E-state index contributed by atoms with van der Waals surface area (Å²) in [5, 5.41) is 0. The number of hydrogen-bond acceptors (Lipinski definition) is 1. The Morgan fingerprint density at radius 3 is 2.82 bits per heavy atom. The first-order valence-electron chi connectivity index (χ1n) is 6.06. The molecule has 2 aromatic carbocycles. The zero-order valence-corrected chi connectivity index (χ0v) is 9.98. The zero-order valence-electron chi connectivity index (χ0n) is 9.98. The number of hydrogen-bond donors (Lipinski definition) is 0. The molecule has 0 amide bonds. The number of nitrogens with zero attached hydrogens (tertiary/aromatic N) is 1. The quantitative estimate of drug-likeness (QED) is 0.680. The van der Waals surface area contributed by atoms with E-state index in [2.05, 4.69) is 54.4 Å². The molecule has 1 aliphatic heterocycles. The molecule has 17 heavy (non-hydrogen) atoms. The van der Waals surface area contributed by atoms with Gasteiger partial charge in [0, 0.05) is 11.8 Å². The van der Waals surface area contributed by atoms with Crippen LogP contribution in [0.4, 0.5) is 5.69 Å². The lowest BCUT2D eigenvalue weighted by Gasteiger charge is -2.14. The van der Waals surface area contributed by atoms with Gasteiger partial charge in [0.2, 0.25) is 0 Å². The maximum Gasteiger partial charge on any atom is 0.0736 e. The van der Waals surface area contributed by atoms with E-state index in [4.69, 9.17) is 0 Å². The van der Waals surface area contributed by atoms with Crippen LogP contribution in [-0.4, -0.2) is 6.21 Å². The summed E-state index contributed by atoms with van der Waals surface area (Å²) < 4.78 is 0. The Morgan fingerprint density at radius 1 is 1.06 bits per heavy atom. The molecule has 0 atom stereocenters. The summed E-state index contributed by atoms with van der Waals surface area (Å²) in [5.41, 5.74) is 6.33. The second kappa shape index (κ2) is 4.17. The van der Waals surface area contributed by atoms with Crippen molar-refractivity contribution in [3.63, 3.8) is 0 Å². The lowest BCUT2D eigenvalue weighted by atomic mass is 9.96. The maximum absolute atomic E-state index is 4.57. The first-order valence-corrected chi connectivity index (χ1v) is 6.06. The molecule has 1 heterocycles. The average molecular weight is 221 g/mol. The predicted octanol–water partition coefficient (Wildman–Crippen LogP) is 4.31. The Balaban J connectivity index is 2.19. The molecule has 0 aromatic heterocycles. The van der Waals surface area contributed by atoms with Crippen molar-refractivity contribution in [2.75, 3.05) is 0 Å². The van der Waals surface area contributed by atoms with E-state index in [9.17, 15) is 0 Å². The standard InChI is InChI=1S/C16H15N/c1-12-5-2-7-14(11-12)15-9-3-6-13-8-4-10-17-16(13)15/h2-3,5-7,9-11H,4,8H2,1H3. The third-order valence-electron chi connectivity index (χ3n) is 3.21. The van der Waals surface area contributed by atoms with Gasteiger partial charge in [0.25, 0.3) is 0 Å². The smallest absolute Gasteiger partial charge is 0.0736 e. The van der Waals surface area contributed by atoms with Crippen LogP contribution in [0.2, 0.25) is 0 Å². The number of rotatable bonds is 1. The summed E-state index contributed by atoms with van der Waals surface area (Å²) in [6, 6.07) is 15.1. The number of para-hydroxylation sites is 1. The molecule has 1 heteroatoms. The van der Waals surface area contributed by atoms with E-state index in [0.29, 0.717) is 0 Å². The van der Waals surface area contributed by atoms with Crippen molar-refractivity contribution in [2.45, 2.75) is 19.8 Å². The summed E-state index contributed by atoms with van der Waals surface area (Å²) >= 11 is 0. The molecule has 0 saturated carbocycles. The minimum atomic E-state index is 1.06. The van der Waals surface area contributed by atoms with Gasteiger partial charge >= 0.3 is 0 Å². The minimum absolute atomic E-state index is 1.06. The average Bonchev–Trinajstić information content (AvgIpc) is 2.38. The van der Waals surface area contributed by atoms with Crippen molar-refractivity contribution < 1.29 is 0 Å². The summed E-state index contributed by atoms with van der Waals surface area (Å²) in [5.74, 6) is 0. The highest BCUT2D eigenvalue weighted by Gasteiger charge is 2.11. The summed E-state index contributed by atoms with van der Waals surface area (Å²) in [6.45, 7) is 2.13. The second-order valence-electron chi connectivity index (χ2n) is 4.53. The maximum atomic E-state index is 4.57. The van der Waals surface area contributed by atoms with E-state index in [1.807, 2.05) is 6.21 Å². The van der Waals surface area contributed by atoms with Crippen molar-refractivity contribution in [2.24, 2.45) is 4.99 Å². The Bertz CT molecular complexity index is 582. The summed E-state index contributed by atoms with van der Waals surface area (Å²) in [7, 11) is 0. The monoisotopic (exact) mass is 221 g/mol. The molecule has 0 radical (unpaired) electrons. The fourth-order valence-electron chi connectivity index (χ4n) is 2.37. The largest absolute Gasteiger partial charge is 0.260 e. The normalized spacial score (nSPS) is 13.5. The highest BCUT2D eigenvalue weighted by atomic mass is 14.7. The molecular weight excluding hydrogens is 206 g/mol.